The average Bonchev–Trinajstić information content (AvgIpc) is 3.17. The van der Waals surface area contributed by atoms with Gasteiger partial charge in [0, 0.05) is 29.2 Å². The molecule has 31 heavy (non-hydrogen) atoms. The molecule has 1 aliphatic heterocycles. The summed E-state index contributed by atoms with van der Waals surface area (Å²) in [4.78, 5) is 18.8. The van der Waals surface area contributed by atoms with Crippen LogP contribution in [0.4, 0.5) is 9.18 Å². The highest BCUT2D eigenvalue weighted by atomic mass is 19.1. The molecule has 0 bridgehead atoms. The first-order chi connectivity index (χ1) is 15.1. The van der Waals surface area contributed by atoms with Crippen LogP contribution in [0.2, 0.25) is 0 Å². The lowest BCUT2D eigenvalue weighted by molar-refractivity contribution is 0.172. The Morgan fingerprint density at radius 2 is 1.90 bits per heavy atom. The van der Waals surface area contributed by atoms with Gasteiger partial charge in [0.05, 0.1) is 13.2 Å². The van der Waals surface area contributed by atoms with Gasteiger partial charge in [0.15, 0.2) is 0 Å². The number of aromatic amines is 1. The number of H-pyrrole nitrogens is 1. The van der Waals surface area contributed by atoms with Gasteiger partial charge in [0.1, 0.15) is 11.6 Å². The summed E-state index contributed by atoms with van der Waals surface area (Å²) in [5, 5.41) is 4.38. The largest absolute Gasteiger partial charge is 0.497 e. The molecule has 1 fully saturated rings. The fraction of sp³-hybridized carbons (Fsp3) is 0.400. The lowest BCUT2D eigenvalue weighted by atomic mass is 9.92. The third kappa shape index (κ3) is 3.75. The highest BCUT2D eigenvalue weighted by molar-refractivity contribution is 5.87. The minimum atomic E-state index is -0.286. The number of nitrogens with one attached hydrogen (secondary N) is 2. The summed E-state index contributed by atoms with van der Waals surface area (Å²) in [6.07, 6.45) is 6.42. The summed E-state index contributed by atoms with van der Waals surface area (Å²) in [7, 11) is 1.67. The van der Waals surface area contributed by atoms with Crippen LogP contribution in [-0.4, -0.2) is 35.6 Å². The maximum atomic E-state index is 13.7. The molecule has 1 aliphatic carbocycles. The molecule has 0 saturated heterocycles. The molecule has 0 unspecified atom stereocenters. The molecule has 0 radical (unpaired) electrons. The van der Waals surface area contributed by atoms with Gasteiger partial charge < -0.3 is 19.9 Å². The summed E-state index contributed by atoms with van der Waals surface area (Å²) in [5.41, 5.74) is 4.12. The topological polar surface area (TPSA) is 57.4 Å². The van der Waals surface area contributed by atoms with E-state index in [0.29, 0.717) is 6.54 Å². The second-order valence-electron chi connectivity index (χ2n) is 8.61. The van der Waals surface area contributed by atoms with Crippen molar-refractivity contribution in [3.8, 4) is 5.75 Å². The van der Waals surface area contributed by atoms with Gasteiger partial charge in [0.25, 0.3) is 0 Å². The van der Waals surface area contributed by atoms with E-state index < -0.39 is 0 Å². The zero-order chi connectivity index (χ0) is 21.4. The van der Waals surface area contributed by atoms with E-state index in [1.807, 2.05) is 23.1 Å². The van der Waals surface area contributed by atoms with Gasteiger partial charge in [-0.1, -0.05) is 31.4 Å². The van der Waals surface area contributed by atoms with E-state index in [1.54, 1.807) is 19.2 Å². The van der Waals surface area contributed by atoms with Crippen LogP contribution in [0.5, 0.6) is 5.75 Å². The highest BCUT2D eigenvalue weighted by Crippen LogP contribution is 2.39. The monoisotopic (exact) mass is 421 g/mol. The van der Waals surface area contributed by atoms with E-state index in [1.165, 1.54) is 37.0 Å². The first kappa shape index (κ1) is 19.9. The van der Waals surface area contributed by atoms with Crippen molar-refractivity contribution in [2.45, 2.75) is 50.6 Å². The van der Waals surface area contributed by atoms with Crippen molar-refractivity contribution >= 4 is 16.9 Å². The number of rotatable bonds is 3. The molecule has 1 atom stereocenters. The van der Waals surface area contributed by atoms with Crippen LogP contribution >= 0.6 is 0 Å². The maximum Gasteiger partial charge on any atom is 0.318 e. The van der Waals surface area contributed by atoms with Gasteiger partial charge in [-0.25, -0.2) is 9.18 Å². The fourth-order valence-corrected chi connectivity index (χ4v) is 5.11. The molecule has 2 amide bonds. The van der Waals surface area contributed by atoms with Gasteiger partial charge in [-0.05, 0) is 60.7 Å². The third-order valence-corrected chi connectivity index (χ3v) is 6.71. The van der Waals surface area contributed by atoms with E-state index in [0.717, 1.165) is 47.2 Å². The molecule has 2 aliphatic rings. The predicted molar refractivity (Wildman–Crippen MR) is 119 cm³/mol. The summed E-state index contributed by atoms with van der Waals surface area (Å²) >= 11 is 0. The zero-order valence-electron chi connectivity index (χ0n) is 17.8. The summed E-state index contributed by atoms with van der Waals surface area (Å²) in [6.45, 7) is 0.609. The van der Waals surface area contributed by atoms with Crippen LogP contribution in [0.3, 0.4) is 0 Å². The van der Waals surface area contributed by atoms with Crippen LogP contribution in [0.25, 0.3) is 10.9 Å². The predicted octanol–water partition coefficient (Wildman–Crippen LogP) is 5.31. The van der Waals surface area contributed by atoms with E-state index in [4.69, 9.17) is 4.74 Å². The van der Waals surface area contributed by atoms with Gasteiger partial charge in [-0.3, -0.25) is 0 Å². The molecular weight excluding hydrogens is 393 g/mol. The number of ether oxygens (including phenoxy) is 1. The van der Waals surface area contributed by atoms with Gasteiger partial charge in [-0.2, -0.15) is 0 Å². The Balaban J connectivity index is 1.54. The maximum absolute atomic E-state index is 13.7. The Kier molecular flexibility index (Phi) is 5.30. The second-order valence-corrected chi connectivity index (χ2v) is 8.61. The quantitative estimate of drug-likeness (QED) is 0.603. The molecule has 6 heteroatoms. The smallest absolute Gasteiger partial charge is 0.318 e. The number of amides is 2. The number of halogens is 1. The summed E-state index contributed by atoms with van der Waals surface area (Å²) in [6, 6.07) is 12.4. The molecule has 5 nitrogen and oxygen atoms in total. The van der Waals surface area contributed by atoms with Crippen molar-refractivity contribution in [2.75, 3.05) is 13.7 Å². The molecule has 2 heterocycles. The normalized spacial score (nSPS) is 19.3. The number of carbonyl (C=O) groups excluding carboxylic acids is 1. The van der Waals surface area contributed by atoms with Crippen LogP contribution in [0.1, 0.15) is 55.0 Å². The first-order valence-corrected chi connectivity index (χ1v) is 11.1. The molecule has 2 N–H and O–H groups in total. The number of carbonyl (C=O) groups is 1. The van der Waals surface area contributed by atoms with Crippen molar-refractivity contribution < 1.29 is 13.9 Å². The number of fused-ring (bicyclic) bond motifs is 3. The Bertz CT molecular complexity index is 1090. The van der Waals surface area contributed by atoms with E-state index in [9.17, 15) is 9.18 Å². The van der Waals surface area contributed by atoms with Gasteiger partial charge in [0.2, 0.25) is 0 Å². The van der Waals surface area contributed by atoms with Crippen molar-refractivity contribution in [3.63, 3.8) is 0 Å². The van der Waals surface area contributed by atoms with E-state index in [2.05, 4.69) is 10.3 Å². The molecule has 0 spiro atoms. The molecular formula is C25H28FN3O2. The second kappa shape index (κ2) is 8.25. The Hall–Kier alpha value is -3.02. The van der Waals surface area contributed by atoms with E-state index in [-0.39, 0.29) is 23.9 Å². The molecule has 2 aromatic carbocycles. The fourth-order valence-electron chi connectivity index (χ4n) is 5.11. The number of hydrogen-bond donors (Lipinski definition) is 2. The highest BCUT2D eigenvalue weighted by Gasteiger charge is 2.35. The van der Waals surface area contributed by atoms with Crippen molar-refractivity contribution in [3.05, 3.63) is 65.1 Å². The lowest BCUT2D eigenvalue weighted by Crippen LogP contribution is -2.49. The number of urea groups is 1. The van der Waals surface area contributed by atoms with Crippen molar-refractivity contribution in [1.29, 1.82) is 0 Å². The van der Waals surface area contributed by atoms with Crippen LogP contribution in [0.15, 0.2) is 42.5 Å². The zero-order valence-corrected chi connectivity index (χ0v) is 17.8. The van der Waals surface area contributed by atoms with Crippen LogP contribution < -0.4 is 10.1 Å². The lowest BCUT2D eigenvalue weighted by Gasteiger charge is -2.37. The average molecular weight is 422 g/mol. The van der Waals surface area contributed by atoms with Crippen LogP contribution in [0, 0.1) is 5.82 Å². The van der Waals surface area contributed by atoms with Gasteiger partial charge in [-0.15, -0.1) is 0 Å². The minimum absolute atomic E-state index is 0.0388. The molecule has 1 aromatic heterocycles. The third-order valence-electron chi connectivity index (χ3n) is 6.71. The number of hydrogen-bond acceptors (Lipinski definition) is 2. The molecule has 3 aromatic rings. The van der Waals surface area contributed by atoms with E-state index >= 15 is 0 Å². The number of nitrogens with zero attached hydrogens (tertiary/aromatic N) is 1. The van der Waals surface area contributed by atoms with Gasteiger partial charge >= 0.3 is 6.03 Å². The number of methoxy groups -OCH3 is 1. The SMILES string of the molecule is COc1ccc2[nH]c3c(c2c1)CCN(C(=O)NC1CCCCC1)[C@H]3c1ccc(F)cc1. The Morgan fingerprint density at radius 3 is 2.65 bits per heavy atom. The summed E-state index contributed by atoms with van der Waals surface area (Å²) < 4.78 is 19.1. The standard InChI is InChI=1S/C25H28FN3O2/c1-31-19-11-12-22-21(15-19)20-13-14-29(25(30)27-18-5-3-2-4-6-18)24(23(20)28-22)16-7-9-17(26)10-8-16/h7-12,15,18,24,28H,2-6,13-14H2,1H3,(H,27,30)/t24-/m0/s1. The molecule has 1 saturated carbocycles. The van der Waals surface area contributed by atoms with Crippen LogP contribution in [-0.2, 0) is 6.42 Å². The number of benzene rings is 2. The Labute approximate surface area is 181 Å². The molecule has 162 valence electrons. The molecule has 5 rings (SSSR count). The van der Waals surface area contributed by atoms with Crippen molar-refractivity contribution in [1.82, 2.24) is 15.2 Å². The Morgan fingerprint density at radius 1 is 1.13 bits per heavy atom. The first-order valence-electron chi connectivity index (χ1n) is 11.1. The summed E-state index contributed by atoms with van der Waals surface area (Å²) in [5.74, 6) is 0.532. The van der Waals surface area contributed by atoms with Crippen molar-refractivity contribution in [2.24, 2.45) is 0 Å². The minimum Gasteiger partial charge on any atom is -0.497 e. The number of aromatic nitrogens is 1.